The van der Waals surface area contributed by atoms with E-state index in [1.54, 1.807) is 6.07 Å². The predicted molar refractivity (Wildman–Crippen MR) is 95.9 cm³/mol. The lowest BCUT2D eigenvalue weighted by Gasteiger charge is -2.42. The fourth-order valence-corrected chi connectivity index (χ4v) is 4.96. The fraction of sp³-hybridized carbons (Fsp3) is 0.381. The quantitative estimate of drug-likeness (QED) is 0.762. The van der Waals surface area contributed by atoms with E-state index in [4.69, 9.17) is 0 Å². The molecule has 2 aliphatic carbocycles. The summed E-state index contributed by atoms with van der Waals surface area (Å²) in [6.45, 7) is 7.84. The molecule has 27 heavy (non-hydrogen) atoms. The summed E-state index contributed by atoms with van der Waals surface area (Å²) in [7, 11) is 0. The minimum Gasteiger partial charge on any atom is -0.341 e. The van der Waals surface area contributed by atoms with Gasteiger partial charge in [-0.25, -0.2) is 8.78 Å². The molecular formula is C21H19F2N3O. The van der Waals surface area contributed by atoms with E-state index in [2.05, 4.69) is 23.7 Å². The van der Waals surface area contributed by atoms with Gasteiger partial charge in [0.2, 0.25) is 5.91 Å². The number of rotatable bonds is 2. The van der Waals surface area contributed by atoms with Crippen molar-refractivity contribution < 1.29 is 13.6 Å². The smallest absolute Gasteiger partial charge is 0.239 e. The third kappa shape index (κ3) is 2.04. The van der Waals surface area contributed by atoms with Gasteiger partial charge < -0.3 is 4.90 Å². The van der Waals surface area contributed by atoms with Crippen molar-refractivity contribution in [3.8, 4) is 11.3 Å². The first-order valence-corrected chi connectivity index (χ1v) is 9.24. The number of benzene rings is 1. The zero-order valence-electron chi connectivity index (χ0n) is 15.0. The van der Waals surface area contributed by atoms with Crippen LogP contribution in [0.1, 0.15) is 36.9 Å². The van der Waals surface area contributed by atoms with Crippen molar-refractivity contribution in [1.29, 1.82) is 0 Å². The van der Waals surface area contributed by atoms with Crippen molar-refractivity contribution in [3.05, 3.63) is 59.3 Å². The number of amides is 1. The van der Waals surface area contributed by atoms with Crippen molar-refractivity contribution >= 4 is 5.91 Å². The molecule has 1 amide bonds. The third-order valence-electron chi connectivity index (χ3n) is 6.32. The Morgan fingerprint density at radius 2 is 1.96 bits per heavy atom. The molecule has 1 aromatic carbocycles. The van der Waals surface area contributed by atoms with Crippen molar-refractivity contribution in [2.75, 3.05) is 13.1 Å². The average molecular weight is 367 g/mol. The number of nitrogens with zero attached hydrogens (tertiary/aromatic N) is 3. The van der Waals surface area contributed by atoms with Gasteiger partial charge in [0, 0.05) is 19.0 Å². The fourth-order valence-electron chi connectivity index (χ4n) is 4.96. The van der Waals surface area contributed by atoms with Crippen LogP contribution in [0, 0.1) is 17.6 Å². The number of carbonyl (C=O) groups is 1. The Morgan fingerprint density at radius 1 is 1.26 bits per heavy atom. The monoisotopic (exact) mass is 367 g/mol. The Balaban J connectivity index is 1.61. The Morgan fingerprint density at radius 3 is 2.63 bits per heavy atom. The number of fused-ring (bicyclic) bond motifs is 5. The van der Waals surface area contributed by atoms with E-state index in [0.717, 1.165) is 30.6 Å². The molecule has 2 heterocycles. The first kappa shape index (κ1) is 16.5. The van der Waals surface area contributed by atoms with E-state index >= 15 is 0 Å². The van der Waals surface area contributed by atoms with Gasteiger partial charge in [-0.15, -0.1) is 5.10 Å². The molecule has 2 bridgehead atoms. The van der Waals surface area contributed by atoms with E-state index in [1.165, 1.54) is 18.2 Å². The highest BCUT2D eigenvalue weighted by Crippen LogP contribution is 2.60. The van der Waals surface area contributed by atoms with Crippen LogP contribution in [0.15, 0.2) is 36.4 Å². The second-order valence-electron chi connectivity index (χ2n) is 7.97. The summed E-state index contributed by atoms with van der Waals surface area (Å²) in [4.78, 5) is 15.1. The summed E-state index contributed by atoms with van der Waals surface area (Å²) in [5.41, 5.74) is 1.46. The lowest BCUT2D eigenvalue weighted by atomic mass is 9.78. The first-order chi connectivity index (χ1) is 12.9. The van der Waals surface area contributed by atoms with Crippen LogP contribution in [0.25, 0.3) is 11.3 Å². The van der Waals surface area contributed by atoms with Crippen LogP contribution >= 0.6 is 0 Å². The summed E-state index contributed by atoms with van der Waals surface area (Å²) < 4.78 is 28.3. The van der Waals surface area contributed by atoms with Gasteiger partial charge in [-0.3, -0.25) is 4.79 Å². The lowest BCUT2D eigenvalue weighted by Crippen LogP contribution is -2.55. The summed E-state index contributed by atoms with van der Waals surface area (Å²) in [6, 6.07) is 5.41. The average Bonchev–Trinajstić information content (AvgIpc) is 3.08. The molecule has 1 saturated heterocycles. The third-order valence-corrected chi connectivity index (χ3v) is 6.32. The molecule has 0 spiro atoms. The summed E-state index contributed by atoms with van der Waals surface area (Å²) >= 11 is 0. The predicted octanol–water partition coefficient (Wildman–Crippen LogP) is 3.59. The van der Waals surface area contributed by atoms with Gasteiger partial charge in [-0.2, -0.15) is 5.10 Å². The van der Waals surface area contributed by atoms with E-state index in [0.29, 0.717) is 18.0 Å². The molecular weight excluding hydrogens is 348 g/mol. The van der Waals surface area contributed by atoms with Crippen molar-refractivity contribution in [3.63, 3.8) is 0 Å². The standard InChI is InChI=1S/C21H19F2N3O/c1-11-9-26(10-11)20(27)21-7-6-13(12(21)2)14-8-17(24-25-19(14)21)18-15(22)4-3-5-16(18)23/h3-5,8,11,13H,2,6-7,9-10H2,1H3/t13-,21-/m0/s1. The van der Waals surface area contributed by atoms with Crippen molar-refractivity contribution in [1.82, 2.24) is 15.1 Å². The van der Waals surface area contributed by atoms with Crippen LogP contribution in [-0.2, 0) is 10.2 Å². The minimum absolute atomic E-state index is 0.00765. The summed E-state index contributed by atoms with van der Waals surface area (Å²) in [5, 5.41) is 8.41. The molecule has 4 nitrogen and oxygen atoms in total. The zero-order valence-corrected chi connectivity index (χ0v) is 15.0. The number of halogens is 2. The molecule has 1 aliphatic heterocycles. The molecule has 2 aromatic rings. The van der Waals surface area contributed by atoms with Crippen molar-refractivity contribution in [2.24, 2.45) is 5.92 Å². The van der Waals surface area contributed by atoms with Crippen LogP contribution in [0.3, 0.4) is 0 Å². The Bertz CT molecular complexity index is 979. The van der Waals surface area contributed by atoms with Gasteiger partial charge in [0.15, 0.2) is 0 Å². The number of likely N-dealkylation sites (tertiary alicyclic amines) is 1. The largest absolute Gasteiger partial charge is 0.341 e. The number of carbonyl (C=O) groups excluding carboxylic acids is 1. The highest BCUT2D eigenvalue weighted by Gasteiger charge is 2.60. The van der Waals surface area contributed by atoms with E-state index in [-0.39, 0.29) is 23.1 Å². The van der Waals surface area contributed by atoms with Gasteiger partial charge in [0.05, 0.1) is 17.0 Å². The van der Waals surface area contributed by atoms with E-state index in [9.17, 15) is 13.6 Å². The normalized spacial score (nSPS) is 26.3. The second-order valence-corrected chi connectivity index (χ2v) is 7.97. The Labute approximate surface area is 155 Å². The maximum absolute atomic E-state index is 14.2. The first-order valence-electron chi connectivity index (χ1n) is 9.24. The molecule has 0 N–H and O–H groups in total. The molecule has 1 aromatic heterocycles. The van der Waals surface area contributed by atoms with Gasteiger partial charge in [0.25, 0.3) is 0 Å². The maximum Gasteiger partial charge on any atom is 0.239 e. The number of hydrogen-bond acceptors (Lipinski definition) is 3. The summed E-state index contributed by atoms with van der Waals surface area (Å²) in [6.07, 6.45) is 1.47. The van der Waals surface area contributed by atoms with E-state index in [1.807, 2.05) is 4.90 Å². The number of aromatic nitrogens is 2. The van der Waals surface area contributed by atoms with Crippen molar-refractivity contribution in [2.45, 2.75) is 31.1 Å². The summed E-state index contributed by atoms with van der Waals surface area (Å²) in [5.74, 6) is -0.801. The lowest BCUT2D eigenvalue weighted by molar-refractivity contribution is -0.142. The van der Waals surface area contributed by atoms with Gasteiger partial charge >= 0.3 is 0 Å². The zero-order chi connectivity index (χ0) is 18.9. The SMILES string of the molecule is C=C1[C@@H]2CC[C@@]1(C(=O)N1CC(C)C1)c1nnc(-c3c(F)cccc3F)cc12. The maximum atomic E-state index is 14.2. The van der Waals surface area contributed by atoms with Gasteiger partial charge in [-0.05, 0) is 48.1 Å². The van der Waals surface area contributed by atoms with E-state index < -0.39 is 17.0 Å². The van der Waals surface area contributed by atoms with Crippen LogP contribution in [0.4, 0.5) is 8.78 Å². The van der Waals surface area contributed by atoms with Gasteiger partial charge in [-0.1, -0.05) is 19.6 Å². The molecule has 3 aliphatic rings. The van der Waals surface area contributed by atoms with Gasteiger partial charge in [0.1, 0.15) is 17.0 Å². The molecule has 0 unspecified atom stereocenters. The van der Waals surface area contributed by atoms with Crippen LogP contribution in [0.5, 0.6) is 0 Å². The van der Waals surface area contributed by atoms with Crippen LogP contribution in [-0.4, -0.2) is 34.1 Å². The minimum atomic E-state index is -0.820. The Hall–Kier alpha value is -2.63. The molecule has 0 radical (unpaired) electrons. The molecule has 2 fully saturated rings. The Kier molecular flexibility index (Phi) is 3.33. The molecule has 6 heteroatoms. The highest BCUT2D eigenvalue weighted by atomic mass is 19.1. The van der Waals surface area contributed by atoms with Crippen LogP contribution in [0.2, 0.25) is 0 Å². The molecule has 138 valence electrons. The second kappa shape index (κ2) is 5.44. The molecule has 2 atom stereocenters. The highest BCUT2D eigenvalue weighted by molar-refractivity contribution is 5.95. The molecule has 1 saturated carbocycles. The number of hydrogen-bond donors (Lipinski definition) is 0. The van der Waals surface area contributed by atoms with Crippen LogP contribution < -0.4 is 0 Å². The molecule has 5 rings (SSSR count). The topological polar surface area (TPSA) is 46.1 Å².